The van der Waals surface area contributed by atoms with Crippen molar-refractivity contribution in [2.45, 2.75) is 0 Å². The van der Waals surface area contributed by atoms with Gasteiger partial charge in [-0.05, 0) is 63.9 Å². The van der Waals surface area contributed by atoms with E-state index in [1.807, 2.05) is 72.8 Å². The zero-order chi connectivity index (χ0) is 37.0. The highest BCUT2D eigenvalue weighted by atomic mass is 32.1. The average Bonchev–Trinajstić information content (AvgIpc) is 3.87. The summed E-state index contributed by atoms with van der Waals surface area (Å²) in [5.74, 6) is 2.40. The van der Waals surface area contributed by atoms with Gasteiger partial charge in [-0.1, -0.05) is 146 Å². The maximum Gasteiger partial charge on any atom is 0.227 e. The molecule has 0 saturated carbocycles. The van der Waals surface area contributed by atoms with E-state index in [9.17, 15) is 0 Å². The lowest BCUT2D eigenvalue weighted by Gasteiger charge is -2.14. The summed E-state index contributed by atoms with van der Waals surface area (Å²) in [6, 6.07) is 62.7. The van der Waals surface area contributed by atoms with Crippen LogP contribution in [0.3, 0.4) is 0 Å². The maximum atomic E-state index is 6.82. The van der Waals surface area contributed by atoms with Crippen LogP contribution in [0, 0.1) is 0 Å². The molecule has 3 heterocycles. The van der Waals surface area contributed by atoms with Crippen LogP contribution in [-0.4, -0.2) is 19.9 Å². The number of hydrogen-bond donors (Lipinski definition) is 0. The fraction of sp³-hybridized carbons (Fsp3) is 0. The lowest BCUT2D eigenvalue weighted by atomic mass is 9.92. The normalized spacial score (nSPS) is 11.6. The van der Waals surface area contributed by atoms with Crippen molar-refractivity contribution >= 4 is 53.4 Å². The molecular weight excluding hydrogens is 705 g/mol. The number of thiophene rings is 1. The van der Waals surface area contributed by atoms with Gasteiger partial charge in [0.2, 0.25) is 5.89 Å². The first kappa shape index (κ1) is 32.2. The molecule has 0 unspecified atom stereocenters. The number of benzene rings is 8. The highest BCUT2D eigenvalue weighted by Gasteiger charge is 2.23. The van der Waals surface area contributed by atoms with Crippen molar-refractivity contribution < 1.29 is 4.42 Å². The van der Waals surface area contributed by atoms with E-state index in [4.69, 9.17) is 24.4 Å². The SMILES string of the molecule is c1ccc(-c2nc(-c3cc(-c4c5oc(-c6ccccc6)nc5cc5sc6ccccc6c45)c4ccccc4c3)nc(-c3ccccc3-c3ccccc3)n2)cc1. The Bertz CT molecular complexity index is 3250. The van der Waals surface area contributed by atoms with Crippen molar-refractivity contribution in [2.75, 3.05) is 0 Å². The highest BCUT2D eigenvalue weighted by Crippen LogP contribution is 2.47. The molecule has 0 N–H and O–H groups in total. The quantitative estimate of drug-likeness (QED) is 0.170. The Morgan fingerprint density at radius 2 is 0.982 bits per heavy atom. The van der Waals surface area contributed by atoms with E-state index >= 15 is 0 Å². The molecule has 0 spiro atoms. The third-order valence-corrected chi connectivity index (χ3v) is 11.5. The Balaban J connectivity index is 1.21. The first-order valence-corrected chi connectivity index (χ1v) is 19.4. The summed E-state index contributed by atoms with van der Waals surface area (Å²) < 4.78 is 9.19. The molecule has 56 heavy (non-hydrogen) atoms. The first-order valence-electron chi connectivity index (χ1n) is 18.6. The second kappa shape index (κ2) is 13.2. The highest BCUT2D eigenvalue weighted by molar-refractivity contribution is 7.26. The van der Waals surface area contributed by atoms with Crippen LogP contribution in [0.5, 0.6) is 0 Å². The average molecular weight is 735 g/mol. The minimum absolute atomic E-state index is 0.588. The standard InChI is InChI=1S/C50H30N4OS/c1-4-16-31(17-5-1)36-23-12-13-25-38(36)49-53-47(32-18-6-2-7-19-32)52-48(54-49)35-28-34-22-10-11-24-37(34)40(29-35)45-44-39-26-14-15-27-42(39)56-43(44)30-41-46(45)55-50(51-41)33-20-8-3-9-21-33/h1-30H. The van der Waals surface area contributed by atoms with Gasteiger partial charge in [-0.25, -0.2) is 19.9 Å². The van der Waals surface area contributed by atoms with E-state index < -0.39 is 0 Å². The van der Waals surface area contributed by atoms with E-state index in [0.717, 1.165) is 76.5 Å². The number of nitrogens with zero attached hydrogens (tertiary/aromatic N) is 4. The minimum atomic E-state index is 0.588. The molecule has 0 aliphatic carbocycles. The molecule has 0 aliphatic heterocycles. The predicted molar refractivity (Wildman–Crippen MR) is 230 cm³/mol. The zero-order valence-corrected chi connectivity index (χ0v) is 30.7. The van der Waals surface area contributed by atoms with Gasteiger partial charge in [-0.2, -0.15) is 0 Å². The molecule has 11 aromatic rings. The Morgan fingerprint density at radius 3 is 1.75 bits per heavy atom. The third kappa shape index (κ3) is 5.46. The lowest BCUT2D eigenvalue weighted by molar-refractivity contribution is 0.621. The monoisotopic (exact) mass is 734 g/mol. The molecule has 0 aliphatic rings. The molecular formula is C50H30N4OS. The van der Waals surface area contributed by atoms with E-state index in [1.54, 1.807) is 11.3 Å². The van der Waals surface area contributed by atoms with Crippen LogP contribution < -0.4 is 0 Å². The summed E-state index contributed by atoms with van der Waals surface area (Å²) >= 11 is 1.78. The van der Waals surface area contributed by atoms with Crippen molar-refractivity contribution in [1.82, 2.24) is 19.9 Å². The molecule has 6 heteroatoms. The van der Waals surface area contributed by atoms with E-state index in [1.165, 1.54) is 10.1 Å². The van der Waals surface area contributed by atoms with Crippen molar-refractivity contribution in [3.63, 3.8) is 0 Å². The number of fused-ring (bicyclic) bond motifs is 5. The van der Waals surface area contributed by atoms with Crippen molar-refractivity contribution in [3.8, 4) is 67.9 Å². The third-order valence-electron chi connectivity index (χ3n) is 10.4. The molecule has 0 fully saturated rings. The van der Waals surface area contributed by atoms with Crippen LogP contribution in [0.1, 0.15) is 0 Å². The number of aromatic nitrogens is 4. The Labute approximate surface area is 326 Å². The summed E-state index contributed by atoms with van der Waals surface area (Å²) in [7, 11) is 0. The Hall–Kier alpha value is -7.28. The molecule has 0 saturated heterocycles. The van der Waals surface area contributed by atoms with Crippen LogP contribution >= 0.6 is 11.3 Å². The van der Waals surface area contributed by atoms with Gasteiger partial charge in [-0.15, -0.1) is 11.3 Å². The fourth-order valence-electron chi connectivity index (χ4n) is 7.77. The smallest absolute Gasteiger partial charge is 0.227 e. The zero-order valence-electron chi connectivity index (χ0n) is 29.9. The van der Waals surface area contributed by atoms with E-state index in [0.29, 0.717) is 23.4 Å². The van der Waals surface area contributed by atoms with Gasteiger partial charge < -0.3 is 4.42 Å². The van der Waals surface area contributed by atoms with E-state index in [2.05, 4.69) is 109 Å². The second-order valence-electron chi connectivity index (χ2n) is 13.8. The fourth-order valence-corrected chi connectivity index (χ4v) is 8.92. The molecule has 8 aromatic carbocycles. The second-order valence-corrected chi connectivity index (χ2v) is 14.9. The Kier molecular flexibility index (Phi) is 7.60. The van der Waals surface area contributed by atoms with Crippen LogP contribution in [0.2, 0.25) is 0 Å². The number of oxazole rings is 1. The van der Waals surface area contributed by atoms with Gasteiger partial charge in [0, 0.05) is 48.0 Å². The van der Waals surface area contributed by atoms with E-state index in [-0.39, 0.29) is 0 Å². The van der Waals surface area contributed by atoms with Gasteiger partial charge >= 0.3 is 0 Å². The predicted octanol–water partition coefficient (Wildman–Crippen LogP) is 13.5. The summed E-state index contributed by atoms with van der Waals surface area (Å²) in [5, 5.41) is 4.50. The molecule has 0 atom stereocenters. The largest absolute Gasteiger partial charge is 0.435 e. The molecule has 0 radical (unpaired) electrons. The van der Waals surface area contributed by atoms with Crippen LogP contribution in [0.15, 0.2) is 186 Å². The van der Waals surface area contributed by atoms with Crippen molar-refractivity contribution in [2.24, 2.45) is 0 Å². The summed E-state index contributed by atoms with van der Waals surface area (Å²) in [4.78, 5) is 20.7. The topological polar surface area (TPSA) is 64.7 Å². The molecule has 5 nitrogen and oxygen atoms in total. The first-order chi connectivity index (χ1) is 27.7. The Morgan fingerprint density at radius 1 is 0.393 bits per heavy atom. The maximum absolute atomic E-state index is 6.82. The molecule has 11 rings (SSSR count). The number of hydrogen-bond acceptors (Lipinski definition) is 6. The van der Waals surface area contributed by atoms with Crippen LogP contribution in [0.25, 0.3) is 110 Å². The van der Waals surface area contributed by atoms with Gasteiger partial charge in [0.05, 0.1) is 0 Å². The number of rotatable bonds is 6. The molecule has 3 aromatic heterocycles. The van der Waals surface area contributed by atoms with Crippen LogP contribution in [0.4, 0.5) is 0 Å². The van der Waals surface area contributed by atoms with Gasteiger partial charge in [0.1, 0.15) is 5.52 Å². The van der Waals surface area contributed by atoms with Crippen LogP contribution in [-0.2, 0) is 0 Å². The summed E-state index contributed by atoms with van der Waals surface area (Å²) in [5.41, 5.74) is 9.43. The van der Waals surface area contributed by atoms with Crippen molar-refractivity contribution in [3.05, 3.63) is 182 Å². The summed E-state index contributed by atoms with van der Waals surface area (Å²) in [6.07, 6.45) is 0. The lowest BCUT2D eigenvalue weighted by Crippen LogP contribution is -2.01. The van der Waals surface area contributed by atoms with Gasteiger partial charge in [-0.3, -0.25) is 0 Å². The van der Waals surface area contributed by atoms with Gasteiger partial charge in [0.15, 0.2) is 23.1 Å². The molecule has 0 bridgehead atoms. The molecule has 262 valence electrons. The molecule has 0 amide bonds. The van der Waals surface area contributed by atoms with Gasteiger partial charge in [0.25, 0.3) is 0 Å². The van der Waals surface area contributed by atoms with Crippen molar-refractivity contribution in [1.29, 1.82) is 0 Å². The minimum Gasteiger partial charge on any atom is -0.435 e. The summed E-state index contributed by atoms with van der Waals surface area (Å²) in [6.45, 7) is 0.